The number of esters is 1. The topological polar surface area (TPSA) is 95.1 Å². The van der Waals surface area contributed by atoms with Gasteiger partial charge in [-0.25, -0.2) is 15.6 Å². The number of nitrogen functional groups attached to an aromatic ring is 1. The minimum absolute atomic E-state index is 0.315. The molecule has 0 aromatic carbocycles. The van der Waals surface area contributed by atoms with Crippen molar-refractivity contribution in [1.82, 2.24) is 14.8 Å². The van der Waals surface area contributed by atoms with Gasteiger partial charge >= 0.3 is 5.97 Å². The molecule has 2 aromatic heterocycles. The van der Waals surface area contributed by atoms with Crippen molar-refractivity contribution in [3.05, 3.63) is 36.2 Å². The average molecular weight is 233 g/mol. The molecule has 0 aliphatic heterocycles. The van der Waals surface area contributed by atoms with Crippen LogP contribution >= 0.6 is 0 Å². The minimum atomic E-state index is -0.480. The van der Waals surface area contributed by atoms with Crippen LogP contribution in [0, 0.1) is 0 Å². The molecular formula is C10H11N5O2. The summed E-state index contributed by atoms with van der Waals surface area (Å²) >= 11 is 0. The maximum atomic E-state index is 11.6. The molecule has 17 heavy (non-hydrogen) atoms. The quantitative estimate of drug-likeness (QED) is 0.451. The van der Waals surface area contributed by atoms with Gasteiger partial charge in [0, 0.05) is 12.3 Å². The molecule has 7 nitrogen and oxygen atoms in total. The van der Waals surface area contributed by atoms with E-state index < -0.39 is 5.97 Å². The van der Waals surface area contributed by atoms with E-state index in [-0.39, 0.29) is 0 Å². The normalized spacial score (nSPS) is 10.0. The number of nitrogens with zero attached hydrogens (tertiary/aromatic N) is 3. The van der Waals surface area contributed by atoms with Crippen LogP contribution in [0.15, 0.2) is 30.6 Å². The Bertz CT molecular complexity index is 537. The molecular weight excluding hydrogens is 222 g/mol. The standard InChI is InChI=1S/C10H11N5O2/c1-17-10(16)7-3-2-5-12-9(7)15-8(14-11)4-6-13-15/h2-6,14H,11H2,1H3. The van der Waals surface area contributed by atoms with Gasteiger partial charge in [0.15, 0.2) is 5.82 Å². The Hall–Kier alpha value is -2.41. The van der Waals surface area contributed by atoms with Crippen LogP contribution in [0.5, 0.6) is 0 Å². The van der Waals surface area contributed by atoms with E-state index in [1.54, 1.807) is 30.6 Å². The molecule has 2 rings (SSSR count). The maximum absolute atomic E-state index is 11.6. The van der Waals surface area contributed by atoms with Gasteiger partial charge in [-0.15, -0.1) is 0 Å². The largest absolute Gasteiger partial charge is 0.465 e. The number of aromatic nitrogens is 3. The first-order chi connectivity index (χ1) is 8.27. The molecule has 0 aliphatic rings. The Balaban J connectivity index is 2.56. The molecule has 0 saturated heterocycles. The molecule has 2 heterocycles. The van der Waals surface area contributed by atoms with E-state index in [0.717, 1.165) is 0 Å². The van der Waals surface area contributed by atoms with Crippen molar-refractivity contribution in [3.63, 3.8) is 0 Å². The Morgan fingerprint density at radius 2 is 2.29 bits per heavy atom. The molecule has 0 spiro atoms. The monoisotopic (exact) mass is 233 g/mol. The lowest BCUT2D eigenvalue weighted by molar-refractivity contribution is 0.0600. The highest BCUT2D eigenvalue weighted by atomic mass is 16.5. The molecule has 88 valence electrons. The summed E-state index contributed by atoms with van der Waals surface area (Å²) in [5, 5.41) is 4.04. The number of nitrogens with two attached hydrogens (primary N) is 1. The summed E-state index contributed by atoms with van der Waals surface area (Å²) in [5.41, 5.74) is 2.78. The third-order valence-electron chi connectivity index (χ3n) is 2.18. The van der Waals surface area contributed by atoms with Gasteiger partial charge in [0.2, 0.25) is 0 Å². The lowest BCUT2D eigenvalue weighted by Gasteiger charge is -2.09. The van der Waals surface area contributed by atoms with Crippen molar-refractivity contribution < 1.29 is 9.53 Å². The number of nitrogens with one attached hydrogen (secondary N) is 1. The SMILES string of the molecule is COC(=O)c1cccnc1-n1nccc1NN. The van der Waals surface area contributed by atoms with E-state index in [9.17, 15) is 4.79 Å². The van der Waals surface area contributed by atoms with Crippen LogP contribution in [0.4, 0.5) is 5.82 Å². The zero-order valence-corrected chi connectivity index (χ0v) is 9.12. The van der Waals surface area contributed by atoms with E-state index in [4.69, 9.17) is 5.84 Å². The van der Waals surface area contributed by atoms with Gasteiger partial charge in [0.25, 0.3) is 0 Å². The number of rotatable bonds is 3. The van der Waals surface area contributed by atoms with Crippen LogP contribution in [0.1, 0.15) is 10.4 Å². The predicted octanol–water partition coefficient (Wildman–Crippen LogP) is 0.339. The molecule has 7 heteroatoms. The van der Waals surface area contributed by atoms with Gasteiger partial charge in [-0.2, -0.15) is 9.78 Å². The van der Waals surface area contributed by atoms with Crippen molar-refractivity contribution in [3.8, 4) is 5.82 Å². The third-order valence-corrected chi connectivity index (χ3v) is 2.18. The Kier molecular flexibility index (Phi) is 3.01. The number of pyridine rings is 1. The Labute approximate surface area is 97.2 Å². The molecule has 3 N–H and O–H groups in total. The van der Waals surface area contributed by atoms with Crippen molar-refractivity contribution >= 4 is 11.8 Å². The molecule has 0 aliphatic carbocycles. The van der Waals surface area contributed by atoms with E-state index in [1.807, 2.05) is 0 Å². The van der Waals surface area contributed by atoms with Gasteiger partial charge in [0.1, 0.15) is 11.4 Å². The summed E-state index contributed by atoms with van der Waals surface area (Å²) < 4.78 is 6.10. The molecule has 2 aromatic rings. The third kappa shape index (κ3) is 1.95. The summed E-state index contributed by atoms with van der Waals surface area (Å²) in [5.74, 6) is 5.74. The van der Waals surface area contributed by atoms with Crippen LogP contribution < -0.4 is 11.3 Å². The molecule has 0 unspecified atom stereocenters. The number of hydrazine groups is 1. The number of ether oxygens (including phenoxy) is 1. The molecule has 0 fully saturated rings. The summed E-state index contributed by atoms with van der Waals surface area (Å²) in [7, 11) is 1.31. The number of hydrogen-bond donors (Lipinski definition) is 2. The second kappa shape index (κ2) is 4.62. The summed E-state index contributed by atoms with van der Waals surface area (Å²) in [4.78, 5) is 15.7. The van der Waals surface area contributed by atoms with Crippen LogP contribution in [-0.2, 0) is 4.74 Å². The second-order valence-electron chi connectivity index (χ2n) is 3.14. The zero-order chi connectivity index (χ0) is 12.3. The molecule has 0 radical (unpaired) electrons. The zero-order valence-electron chi connectivity index (χ0n) is 9.12. The lowest BCUT2D eigenvalue weighted by Crippen LogP contribution is -2.15. The smallest absolute Gasteiger partial charge is 0.341 e. The Morgan fingerprint density at radius 1 is 1.47 bits per heavy atom. The van der Waals surface area contributed by atoms with Crippen molar-refractivity contribution in [1.29, 1.82) is 0 Å². The highest BCUT2D eigenvalue weighted by Crippen LogP contribution is 2.16. The van der Waals surface area contributed by atoms with Crippen LogP contribution in [0.2, 0.25) is 0 Å². The van der Waals surface area contributed by atoms with Crippen LogP contribution in [0.25, 0.3) is 5.82 Å². The second-order valence-corrected chi connectivity index (χ2v) is 3.14. The van der Waals surface area contributed by atoms with Gasteiger partial charge in [0.05, 0.1) is 13.3 Å². The van der Waals surface area contributed by atoms with Crippen LogP contribution in [0.3, 0.4) is 0 Å². The van der Waals surface area contributed by atoms with E-state index in [1.165, 1.54) is 11.8 Å². The van der Waals surface area contributed by atoms with Gasteiger partial charge in [-0.05, 0) is 12.1 Å². The summed E-state index contributed by atoms with van der Waals surface area (Å²) in [6.07, 6.45) is 3.11. The molecule has 0 atom stereocenters. The van der Waals surface area contributed by atoms with Gasteiger partial charge in [-0.1, -0.05) is 0 Å². The highest BCUT2D eigenvalue weighted by molar-refractivity contribution is 5.92. The first kappa shape index (κ1) is 11.1. The minimum Gasteiger partial charge on any atom is -0.465 e. The predicted molar refractivity (Wildman–Crippen MR) is 60.5 cm³/mol. The van der Waals surface area contributed by atoms with Gasteiger partial charge < -0.3 is 10.2 Å². The first-order valence-corrected chi connectivity index (χ1v) is 4.82. The molecule has 0 amide bonds. The average Bonchev–Trinajstić information content (AvgIpc) is 2.86. The fourth-order valence-corrected chi connectivity index (χ4v) is 1.42. The summed E-state index contributed by atoms with van der Waals surface area (Å²) in [6.45, 7) is 0. The van der Waals surface area contributed by atoms with Crippen LogP contribution in [-0.4, -0.2) is 27.8 Å². The fourth-order valence-electron chi connectivity index (χ4n) is 1.42. The number of hydrogen-bond acceptors (Lipinski definition) is 6. The van der Waals surface area contributed by atoms with E-state index in [2.05, 4.69) is 20.2 Å². The van der Waals surface area contributed by atoms with E-state index in [0.29, 0.717) is 17.2 Å². The van der Waals surface area contributed by atoms with Crippen molar-refractivity contribution in [2.45, 2.75) is 0 Å². The Morgan fingerprint density at radius 3 is 3.00 bits per heavy atom. The van der Waals surface area contributed by atoms with E-state index >= 15 is 0 Å². The first-order valence-electron chi connectivity index (χ1n) is 4.82. The molecule has 0 saturated carbocycles. The lowest BCUT2D eigenvalue weighted by atomic mass is 10.2. The molecule has 0 bridgehead atoms. The number of anilines is 1. The van der Waals surface area contributed by atoms with Crippen molar-refractivity contribution in [2.75, 3.05) is 12.5 Å². The number of carbonyl (C=O) groups excluding carboxylic acids is 1. The number of methoxy groups -OCH3 is 1. The highest BCUT2D eigenvalue weighted by Gasteiger charge is 2.16. The van der Waals surface area contributed by atoms with Gasteiger partial charge in [-0.3, -0.25) is 0 Å². The fraction of sp³-hybridized carbons (Fsp3) is 0.100. The summed E-state index contributed by atoms with van der Waals surface area (Å²) in [6, 6.07) is 4.92. The maximum Gasteiger partial charge on any atom is 0.341 e. The van der Waals surface area contributed by atoms with Crippen molar-refractivity contribution in [2.24, 2.45) is 5.84 Å². The number of carbonyl (C=O) groups is 1.